The van der Waals surface area contributed by atoms with Crippen molar-refractivity contribution >= 4 is 16.9 Å². The molecule has 4 rings (SSSR count). The number of rotatable bonds is 4. The van der Waals surface area contributed by atoms with E-state index in [1.165, 1.54) is 5.56 Å². The first-order chi connectivity index (χ1) is 14.0. The summed E-state index contributed by atoms with van der Waals surface area (Å²) in [6.45, 7) is 7.62. The normalized spacial score (nSPS) is 15.4. The van der Waals surface area contributed by atoms with Crippen LogP contribution in [0.4, 0.5) is 0 Å². The van der Waals surface area contributed by atoms with Crippen LogP contribution in [-0.4, -0.2) is 51.9 Å². The summed E-state index contributed by atoms with van der Waals surface area (Å²) >= 11 is 0. The minimum absolute atomic E-state index is 0.0450. The van der Waals surface area contributed by atoms with Crippen molar-refractivity contribution in [1.82, 2.24) is 19.7 Å². The van der Waals surface area contributed by atoms with Crippen LogP contribution in [-0.2, 0) is 4.74 Å². The number of amides is 1. The van der Waals surface area contributed by atoms with Crippen molar-refractivity contribution in [3.63, 3.8) is 0 Å². The molecule has 3 heterocycles. The van der Waals surface area contributed by atoms with Gasteiger partial charge in [-0.2, -0.15) is 5.10 Å². The Hall–Kier alpha value is -2.73. The van der Waals surface area contributed by atoms with E-state index in [2.05, 4.69) is 50.1 Å². The number of nitrogens with zero attached hydrogens (tertiary/aromatic N) is 4. The maximum atomic E-state index is 13.4. The quantitative estimate of drug-likeness (QED) is 0.666. The van der Waals surface area contributed by atoms with Crippen LogP contribution in [0.5, 0.6) is 0 Å². The average Bonchev–Trinajstić information content (AvgIpc) is 3.17. The van der Waals surface area contributed by atoms with E-state index in [4.69, 9.17) is 9.72 Å². The van der Waals surface area contributed by atoms with Crippen LogP contribution >= 0.6 is 0 Å². The molecule has 1 fully saturated rings. The van der Waals surface area contributed by atoms with E-state index in [0.29, 0.717) is 18.7 Å². The summed E-state index contributed by atoms with van der Waals surface area (Å²) in [5, 5.41) is 5.33. The monoisotopic (exact) mass is 392 g/mol. The lowest BCUT2D eigenvalue weighted by atomic mass is 10.0. The number of pyridine rings is 1. The number of hydrogen-bond donors (Lipinski definition) is 0. The van der Waals surface area contributed by atoms with Crippen molar-refractivity contribution in [1.29, 1.82) is 0 Å². The number of aryl methyl sites for hydroxylation is 1. The number of carbonyl (C=O) groups is 1. The molecule has 3 aromatic rings. The smallest absolute Gasteiger partial charge is 0.254 e. The van der Waals surface area contributed by atoms with E-state index >= 15 is 0 Å². The molecular weight excluding hydrogens is 364 g/mol. The molecule has 1 aliphatic heterocycles. The summed E-state index contributed by atoms with van der Waals surface area (Å²) in [7, 11) is 1.74. The number of hydrogen-bond acceptors (Lipinski definition) is 4. The molecule has 1 amide bonds. The Morgan fingerprint density at radius 3 is 2.48 bits per heavy atom. The molecule has 1 aliphatic rings. The van der Waals surface area contributed by atoms with Gasteiger partial charge in [0.25, 0.3) is 5.91 Å². The molecule has 152 valence electrons. The molecule has 0 unspecified atom stereocenters. The standard InChI is InChI=1S/C23H28N4O2/c1-15(2)27-22-20(14-24-27)19(23(28)26-11-9-18(29-4)10-12-26)13-21(25-22)17-7-5-16(3)6-8-17/h5-8,13-15,18H,9-12H2,1-4H3. The Morgan fingerprint density at radius 2 is 1.86 bits per heavy atom. The highest BCUT2D eigenvalue weighted by Crippen LogP contribution is 2.28. The number of benzene rings is 1. The van der Waals surface area contributed by atoms with Crippen LogP contribution in [0.25, 0.3) is 22.3 Å². The zero-order valence-corrected chi connectivity index (χ0v) is 17.6. The lowest BCUT2D eigenvalue weighted by Crippen LogP contribution is -2.40. The number of fused-ring (bicyclic) bond motifs is 1. The van der Waals surface area contributed by atoms with Gasteiger partial charge >= 0.3 is 0 Å². The molecule has 6 heteroatoms. The molecule has 1 saturated heterocycles. The second-order valence-electron chi connectivity index (χ2n) is 8.07. The van der Waals surface area contributed by atoms with Gasteiger partial charge in [-0.1, -0.05) is 29.8 Å². The predicted octanol–water partition coefficient (Wildman–Crippen LogP) is 4.24. The van der Waals surface area contributed by atoms with Gasteiger partial charge in [0, 0.05) is 31.8 Å². The Morgan fingerprint density at radius 1 is 1.17 bits per heavy atom. The van der Waals surface area contributed by atoms with Gasteiger partial charge in [0.05, 0.1) is 28.9 Å². The third-order valence-electron chi connectivity index (χ3n) is 5.70. The van der Waals surface area contributed by atoms with Gasteiger partial charge < -0.3 is 9.64 Å². The van der Waals surface area contributed by atoms with Crippen molar-refractivity contribution in [3.8, 4) is 11.3 Å². The predicted molar refractivity (Wildman–Crippen MR) is 114 cm³/mol. The minimum Gasteiger partial charge on any atom is -0.381 e. The fraction of sp³-hybridized carbons (Fsp3) is 0.435. The number of piperidine rings is 1. The number of aromatic nitrogens is 3. The van der Waals surface area contributed by atoms with Gasteiger partial charge in [-0.15, -0.1) is 0 Å². The number of likely N-dealkylation sites (tertiary alicyclic amines) is 1. The maximum absolute atomic E-state index is 13.4. The van der Waals surface area contributed by atoms with Gasteiger partial charge in [0.15, 0.2) is 5.65 Å². The molecule has 0 spiro atoms. The van der Waals surface area contributed by atoms with Crippen LogP contribution in [0, 0.1) is 6.92 Å². The molecule has 0 atom stereocenters. The molecular formula is C23H28N4O2. The van der Waals surface area contributed by atoms with E-state index in [1.54, 1.807) is 13.3 Å². The Kier molecular flexibility index (Phi) is 5.37. The van der Waals surface area contributed by atoms with Crippen LogP contribution in [0.1, 0.15) is 48.7 Å². The van der Waals surface area contributed by atoms with Gasteiger partial charge in [-0.3, -0.25) is 4.79 Å². The number of methoxy groups -OCH3 is 1. The van der Waals surface area contributed by atoms with Crippen LogP contribution < -0.4 is 0 Å². The van der Waals surface area contributed by atoms with Crippen LogP contribution in [0.2, 0.25) is 0 Å². The first-order valence-electron chi connectivity index (χ1n) is 10.2. The van der Waals surface area contributed by atoms with Crippen molar-refractivity contribution < 1.29 is 9.53 Å². The van der Waals surface area contributed by atoms with Gasteiger partial charge in [-0.05, 0) is 39.7 Å². The van der Waals surface area contributed by atoms with Crippen LogP contribution in [0.3, 0.4) is 0 Å². The minimum atomic E-state index is 0.0450. The van der Waals surface area contributed by atoms with Gasteiger partial charge in [0.1, 0.15) is 0 Å². The lowest BCUT2D eigenvalue weighted by molar-refractivity contribution is 0.0352. The summed E-state index contributed by atoms with van der Waals surface area (Å²) in [5.74, 6) is 0.0450. The summed E-state index contributed by atoms with van der Waals surface area (Å²) in [5.41, 5.74) is 4.43. The van der Waals surface area contributed by atoms with E-state index in [0.717, 1.165) is 35.1 Å². The Balaban J connectivity index is 1.79. The van der Waals surface area contributed by atoms with E-state index in [9.17, 15) is 4.79 Å². The zero-order valence-electron chi connectivity index (χ0n) is 17.6. The molecule has 0 radical (unpaired) electrons. The number of carbonyl (C=O) groups excluding carboxylic acids is 1. The van der Waals surface area contributed by atoms with Crippen molar-refractivity contribution in [2.24, 2.45) is 0 Å². The first kappa shape index (κ1) is 19.6. The highest BCUT2D eigenvalue weighted by atomic mass is 16.5. The molecule has 29 heavy (non-hydrogen) atoms. The van der Waals surface area contributed by atoms with Gasteiger partial charge in [-0.25, -0.2) is 9.67 Å². The maximum Gasteiger partial charge on any atom is 0.254 e. The van der Waals surface area contributed by atoms with Crippen molar-refractivity contribution in [3.05, 3.63) is 47.7 Å². The second kappa shape index (κ2) is 7.95. The molecule has 1 aromatic carbocycles. The molecule has 0 bridgehead atoms. The highest BCUT2D eigenvalue weighted by molar-refractivity contribution is 6.06. The van der Waals surface area contributed by atoms with E-state index < -0.39 is 0 Å². The number of ether oxygens (including phenoxy) is 1. The third-order valence-corrected chi connectivity index (χ3v) is 5.70. The molecule has 0 aliphatic carbocycles. The topological polar surface area (TPSA) is 60.2 Å². The largest absolute Gasteiger partial charge is 0.381 e. The summed E-state index contributed by atoms with van der Waals surface area (Å²) in [6, 6.07) is 10.3. The zero-order chi connectivity index (χ0) is 20.5. The Labute approximate surface area is 171 Å². The lowest BCUT2D eigenvalue weighted by Gasteiger charge is -2.31. The molecule has 2 aromatic heterocycles. The van der Waals surface area contributed by atoms with E-state index in [1.807, 2.05) is 15.6 Å². The summed E-state index contributed by atoms with van der Waals surface area (Å²) in [4.78, 5) is 20.3. The Bertz CT molecular complexity index is 1020. The highest BCUT2D eigenvalue weighted by Gasteiger charge is 2.26. The second-order valence-corrected chi connectivity index (χ2v) is 8.07. The third kappa shape index (κ3) is 3.77. The van der Waals surface area contributed by atoms with Gasteiger partial charge in [0.2, 0.25) is 0 Å². The van der Waals surface area contributed by atoms with Crippen molar-refractivity contribution in [2.45, 2.75) is 45.8 Å². The molecule has 0 N–H and O–H groups in total. The van der Waals surface area contributed by atoms with E-state index in [-0.39, 0.29) is 18.1 Å². The van der Waals surface area contributed by atoms with Crippen molar-refractivity contribution in [2.75, 3.05) is 20.2 Å². The SMILES string of the molecule is COC1CCN(C(=O)c2cc(-c3ccc(C)cc3)nc3c2cnn3C(C)C)CC1. The first-order valence-corrected chi connectivity index (χ1v) is 10.2. The summed E-state index contributed by atoms with van der Waals surface area (Å²) in [6.07, 6.45) is 3.75. The fourth-order valence-corrected chi connectivity index (χ4v) is 3.91. The van der Waals surface area contributed by atoms with Crippen LogP contribution in [0.15, 0.2) is 36.5 Å². The molecule has 0 saturated carbocycles. The summed E-state index contributed by atoms with van der Waals surface area (Å²) < 4.78 is 7.34. The fourth-order valence-electron chi connectivity index (χ4n) is 3.91. The molecule has 6 nitrogen and oxygen atoms in total. The average molecular weight is 393 g/mol.